The largest absolute Gasteiger partial charge is 0.449 e. The lowest BCUT2D eigenvalue weighted by Gasteiger charge is -2.05. The van der Waals surface area contributed by atoms with Crippen LogP contribution in [0.4, 0.5) is 17.6 Å². The molecule has 0 saturated carbocycles. The first-order valence-corrected chi connectivity index (χ1v) is 6.92. The van der Waals surface area contributed by atoms with Crippen molar-refractivity contribution in [1.29, 1.82) is 0 Å². The minimum Gasteiger partial charge on any atom is -0.348 e. The predicted molar refractivity (Wildman–Crippen MR) is 78.7 cm³/mol. The molecule has 124 valence electrons. The second-order valence-electron chi connectivity index (χ2n) is 5.13. The van der Waals surface area contributed by atoms with Gasteiger partial charge in [-0.2, -0.15) is 13.2 Å². The van der Waals surface area contributed by atoms with Gasteiger partial charge >= 0.3 is 6.18 Å². The quantitative estimate of drug-likeness (QED) is 0.717. The van der Waals surface area contributed by atoms with Gasteiger partial charge in [0.1, 0.15) is 5.82 Å². The van der Waals surface area contributed by atoms with Gasteiger partial charge in [-0.25, -0.2) is 9.37 Å². The van der Waals surface area contributed by atoms with E-state index in [1.807, 2.05) is 0 Å². The molecule has 24 heavy (non-hydrogen) atoms. The summed E-state index contributed by atoms with van der Waals surface area (Å²) < 4.78 is 50.9. The van der Waals surface area contributed by atoms with Crippen molar-refractivity contribution in [3.05, 3.63) is 65.2 Å². The first-order valence-electron chi connectivity index (χ1n) is 6.92. The molecule has 3 aromatic rings. The highest BCUT2D eigenvalue weighted by molar-refractivity contribution is 5.97. The van der Waals surface area contributed by atoms with Crippen LogP contribution in [0.15, 0.2) is 42.5 Å². The smallest absolute Gasteiger partial charge is 0.348 e. The van der Waals surface area contributed by atoms with Gasteiger partial charge in [-0.3, -0.25) is 4.79 Å². The Balaban J connectivity index is 1.77. The van der Waals surface area contributed by atoms with E-state index >= 15 is 0 Å². The lowest BCUT2D eigenvalue weighted by atomic mass is 10.1. The van der Waals surface area contributed by atoms with Crippen LogP contribution in [0.2, 0.25) is 0 Å². The molecule has 0 radical (unpaired) electrons. The van der Waals surface area contributed by atoms with Crippen LogP contribution in [-0.2, 0) is 12.7 Å². The van der Waals surface area contributed by atoms with E-state index in [4.69, 9.17) is 0 Å². The van der Waals surface area contributed by atoms with Gasteiger partial charge in [0.15, 0.2) is 0 Å². The van der Waals surface area contributed by atoms with E-state index in [-0.39, 0.29) is 23.1 Å². The minimum absolute atomic E-state index is 0.103. The van der Waals surface area contributed by atoms with Gasteiger partial charge in [0, 0.05) is 12.1 Å². The highest BCUT2D eigenvalue weighted by atomic mass is 19.4. The van der Waals surface area contributed by atoms with Gasteiger partial charge < -0.3 is 10.3 Å². The molecule has 0 bridgehead atoms. The normalized spacial score (nSPS) is 11.7. The van der Waals surface area contributed by atoms with E-state index in [2.05, 4.69) is 15.3 Å². The molecule has 0 aliphatic heterocycles. The van der Waals surface area contributed by atoms with Gasteiger partial charge in [0.25, 0.3) is 5.91 Å². The van der Waals surface area contributed by atoms with Crippen LogP contribution in [0.5, 0.6) is 0 Å². The molecular weight excluding hydrogens is 326 g/mol. The second kappa shape index (κ2) is 5.95. The summed E-state index contributed by atoms with van der Waals surface area (Å²) in [5.41, 5.74) is 0.978. The van der Waals surface area contributed by atoms with Crippen molar-refractivity contribution in [2.75, 3.05) is 0 Å². The predicted octanol–water partition coefficient (Wildman–Crippen LogP) is 3.65. The number of halogens is 4. The van der Waals surface area contributed by atoms with Crippen molar-refractivity contribution in [3.63, 3.8) is 0 Å². The van der Waals surface area contributed by atoms with Crippen LogP contribution in [0.25, 0.3) is 11.0 Å². The van der Waals surface area contributed by atoms with Crippen LogP contribution in [0, 0.1) is 5.82 Å². The summed E-state index contributed by atoms with van der Waals surface area (Å²) in [6.45, 7) is 0.103. The number of rotatable bonds is 3. The average molecular weight is 337 g/mol. The molecule has 0 atom stereocenters. The molecule has 4 nitrogen and oxygen atoms in total. The highest BCUT2D eigenvalue weighted by Crippen LogP contribution is 2.28. The molecule has 0 unspecified atom stereocenters. The Hall–Kier alpha value is -2.90. The monoisotopic (exact) mass is 337 g/mol. The molecule has 0 aliphatic rings. The number of hydrogen-bond acceptors (Lipinski definition) is 2. The van der Waals surface area contributed by atoms with E-state index in [0.717, 1.165) is 0 Å². The zero-order chi connectivity index (χ0) is 17.3. The van der Waals surface area contributed by atoms with Crippen LogP contribution in [0.3, 0.4) is 0 Å². The second-order valence-corrected chi connectivity index (χ2v) is 5.13. The number of imidazole rings is 1. The Bertz CT molecular complexity index is 902. The number of nitrogens with one attached hydrogen (secondary N) is 2. The van der Waals surface area contributed by atoms with E-state index in [1.54, 1.807) is 6.07 Å². The number of carbonyl (C=O) groups is 1. The highest BCUT2D eigenvalue weighted by Gasteiger charge is 2.34. The molecule has 1 heterocycles. The zero-order valence-corrected chi connectivity index (χ0v) is 12.1. The van der Waals surface area contributed by atoms with Gasteiger partial charge in [0.05, 0.1) is 11.0 Å². The third-order valence-electron chi connectivity index (χ3n) is 3.35. The molecule has 8 heteroatoms. The number of fused-ring (bicyclic) bond motifs is 1. The summed E-state index contributed by atoms with van der Waals surface area (Å²) in [6.07, 6.45) is -4.58. The number of benzene rings is 2. The lowest BCUT2D eigenvalue weighted by molar-refractivity contribution is -0.144. The van der Waals surface area contributed by atoms with Crippen molar-refractivity contribution in [2.45, 2.75) is 12.7 Å². The molecule has 0 aliphatic carbocycles. The number of nitrogens with zero attached hydrogens (tertiary/aromatic N) is 1. The number of aromatic amines is 1. The third kappa shape index (κ3) is 3.37. The topological polar surface area (TPSA) is 57.8 Å². The summed E-state index contributed by atoms with van der Waals surface area (Å²) in [7, 11) is 0. The van der Waals surface area contributed by atoms with Crippen molar-refractivity contribution in [3.8, 4) is 0 Å². The summed E-state index contributed by atoms with van der Waals surface area (Å²) in [4.78, 5) is 17.7. The number of amides is 1. The number of alkyl halides is 3. The Labute approximate surface area is 133 Å². The van der Waals surface area contributed by atoms with E-state index in [1.165, 1.54) is 36.4 Å². The van der Waals surface area contributed by atoms with Crippen molar-refractivity contribution < 1.29 is 22.4 Å². The van der Waals surface area contributed by atoms with Crippen LogP contribution in [-0.4, -0.2) is 15.9 Å². The standard InChI is InChI=1S/C16H11F4N3O/c17-11-3-1-2-9(6-11)8-21-14(24)10-4-5-12-13(7-10)23-15(22-12)16(18,19)20/h1-7H,8H2,(H,21,24)(H,22,23). The molecule has 0 saturated heterocycles. The Kier molecular flexibility index (Phi) is 3.96. The Morgan fingerprint density at radius 2 is 1.96 bits per heavy atom. The summed E-state index contributed by atoms with van der Waals surface area (Å²) in [6, 6.07) is 9.74. The average Bonchev–Trinajstić information content (AvgIpc) is 2.96. The fraction of sp³-hybridized carbons (Fsp3) is 0.125. The first kappa shape index (κ1) is 16.0. The van der Waals surface area contributed by atoms with Crippen LogP contribution >= 0.6 is 0 Å². The molecule has 3 rings (SSSR count). The van der Waals surface area contributed by atoms with Crippen molar-refractivity contribution in [1.82, 2.24) is 15.3 Å². The van der Waals surface area contributed by atoms with Gasteiger partial charge in [0.2, 0.25) is 5.82 Å². The maximum absolute atomic E-state index is 13.1. The maximum atomic E-state index is 13.1. The number of carbonyl (C=O) groups excluding carboxylic acids is 1. The SMILES string of the molecule is O=C(NCc1cccc(F)c1)c1ccc2nc(C(F)(F)F)[nH]c2c1. The van der Waals surface area contributed by atoms with Crippen LogP contribution < -0.4 is 5.32 Å². The number of aromatic nitrogens is 2. The molecular formula is C16H11F4N3O. The molecule has 2 aromatic carbocycles. The fourth-order valence-corrected chi connectivity index (χ4v) is 2.22. The molecule has 1 aromatic heterocycles. The molecule has 0 spiro atoms. The van der Waals surface area contributed by atoms with Crippen LogP contribution in [0.1, 0.15) is 21.7 Å². The van der Waals surface area contributed by atoms with E-state index in [0.29, 0.717) is 5.56 Å². The molecule has 0 fully saturated rings. The molecule has 1 amide bonds. The first-order chi connectivity index (χ1) is 11.3. The maximum Gasteiger partial charge on any atom is 0.449 e. The Morgan fingerprint density at radius 1 is 1.17 bits per heavy atom. The van der Waals surface area contributed by atoms with Gasteiger partial charge in [-0.1, -0.05) is 12.1 Å². The number of hydrogen-bond donors (Lipinski definition) is 2. The van der Waals surface area contributed by atoms with Gasteiger partial charge in [-0.05, 0) is 35.9 Å². The summed E-state index contributed by atoms with van der Waals surface area (Å²) >= 11 is 0. The fourth-order valence-electron chi connectivity index (χ4n) is 2.22. The summed E-state index contributed by atoms with van der Waals surface area (Å²) in [5.74, 6) is -2.01. The van der Waals surface area contributed by atoms with E-state index in [9.17, 15) is 22.4 Å². The van der Waals surface area contributed by atoms with Crippen molar-refractivity contribution in [2.24, 2.45) is 0 Å². The lowest BCUT2D eigenvalue weighted by Crippen LogP contribution is -2.22. The number of H-pyrrole nitrogens is 1. The Morgan fingerprint density at radius 3 is 2.67 bits per heavy atom. The van der Waals surface area contributed by atoms with Crippen molar-refractivity contribution >= 4 is 16.9 Å². The zero-order valence-electron chi connectivity index (χ0n) is 12.1. The van der Waals surface area contributed by atoms with E-state index < -0.39 is 23.7 Å². The van der Waals surface area contributed by atoms with Gasteiger partial charge in [-0.15, -0.1) is 0 Å². The molecule has 2 N–H and O–H groups in total. The third-order valence-corrected chi connectivity index (χ3v) is 3.35. The summed E-state index contributed by atoms with van der Waals surface area (Å²) in [5, 5.41) is 2.58. The minimum atomic E-state index is -4.58.